The van der Waals surface area contributed by atoms with Crippen molar-refractivity contribution < 1.29 is 23.8 Å². The minimum absolute atomic E-state index is 0.192. The number of fused-ring (bicyclic) bond motifs is 1. The molecule has 0 spiro atoms. The van der Waals surface area contributed by atoms with Crippen LogP contribution in [0.5, 0.6) is 11.5 Å². The number of nitrogens with one attached hydrogen (secondary N) is 1. The maximum Gasteiger partial charge on any atom is 0.338 e. The molecule has 1 aromatic heterocycles. The second kappa shape index (κ2) is 7.40. The van der Waals surface area contributed by atoms with Crippen molar-refractivity contribution in [2.24, 2.45) is 0 Å². The van der Waals surface area contributed by atoms with E-state index in [0.29, 0.717) is 22.1 Å². The summed E-state index contributed by atoms with van der Waals surface area (Å²) in [5.74, 6) is 0.121. The number of aromatic nitrogens is 1. The van der Waals surface area contributed by atoms with E-state index < -0.39 is 11.9 Å². The van der Waals surface area contributed by atoms with Crippen LogP contribution in [0.25, 0.3) is 10.2 Å². The molecule has 0 aliphatic heterocycles. The van der Waals surface area contributed by atoms with E-state index in [1.807, 2.05) is 0 Å². The Bertz CT molecular complexity index is 942. The lowest BCUT2D eigenvalue weighted by atomic mass is 10.1. The van der Waals surface area contributed by atoms with E-state index in [0.717, 1.165) is 4.70 Å². The monoisotopic (exact) mass is 372 g/mol. The third-order valence-corrected chi connectivity index (χ3v) is 4.62. The summed E-state index contributed by atoms with van der Waals surface area (Å²) >= 11 is 1.29. The van der Waals surface area contributed by atoms with Crippen LogP contribution in [0.15, 0.2) is 36.4 Å². The van der Waals surface area contributed by atoms with Gasteiger partial charge in [-0.15, -0.1) is 0 Å². The number of ether oxygens (including phenoxy) is 3. The summed E-state index contributed by atoms with van der Waals surface area (Å²) in [4.78, 5) is 28.8. The number of esters is 1. The van der Waals surface area contributed by atoms with E-state index in [-0.39, 0.29) is 11.1 Å². The van der Waals surface area contributed by atoms with Gasteiger partial charge >= 0.3 is 5.97 Å². The zero-order valence-electron chi connectivity index (χ0n) is 14.4. The Hall–Kier alpha value is -3.13. The molecule has 7 nitrogen and oxygen atoms in total. The van der Waals surface area contributed by atoms with Gasteiger partial charge in [-0.3, -0.25) is 10.1 Å². The van der Waals surface area contributed by atoms with Gasteiger partial charge in [-0.05, 0) is 12.1 Å². The largest absolute Gasteiger partial charge is 0.493 e. The molecule has 3 rings (SSSR count). The van der Waals surface area contributed by atoms with Crippen molar-refractivity contribution in [2.45, 2.75) is 0 Å². The summed E-state index contributed by atoms with van der Waals surface area (Å²) in [5, 5.41) is 3.12. The van der Waals surface area contributed by atoms with Crippen molar-refractivity contribution >= 4 is 38.6 Å². The number of hydrogen-bond donors (Lipinski definition) is 1. The molecule has 0 unspecified atom stereocenters. The molecule has 0 atom stereocenters. The highest BCUT2D eigenvalue weighted by Gasteiger charge is 2.19. The summed E-state index contributed by atoms with van der Waals surface area (Å²) in [6, 6.07) is 9.97. The van der Waals surface area contributed by atoms with Gasteiger partial charge in [0.25, 0.3) is 5.91 Å². The maximum absolute atomic E-state index is 12.6. The number of benzene rings is 2. The van der Waals surface area contributed by atoms with Gasteiger partial charge in [-0.2, -0.15) is 0 Å². The fourth-order valence-electron chi connectivity index (χ4n) is 2.44. The molecular weight excluding hydrogens is 356 g/mol. The maximum atomic E-state index is 12.6. The van der Waals surface area contributed by atoms with E-state index in [1.165, 1.54) is 24.5 Å². The number of carbonyl (C=O) groups excluding carboxylic acids is 2. The van der Waals surface area contributed by atoms with Crippen LogP contribution in [-0.4, -0.2) is 38.2 Å². The molecule has 8 heteroatoms. The van der Waals surface area contributed by atoms with Crippen LogP contribution in [0.4, 0.5) is 5.13 Å². The predicted octanol–water partition coefficient (Wildman–Crippen LogP) is 3.35. The molecule has 0 aliphatic rings. The van der Waals surface area contributed by atoms with Crippen molar-refractivity contribution in [1.82, 2.24) is 4.98 Å². The molecule has 1 amide bonds. The van der Waals surface area contributed by atoms with Gasteiger partial charge in [-0.25, -0.2) is 9.78 Å². The third-order valence-electron chi connectivity index (χ3n) is 3.69. The number of methoxy groups -OCH3 is 3. The fourth-order valence-corrected chi connectivity index (χ4v) is 3.31. The first kappa shape index (κ1) is 17.7. The number of hydrogen-bond acceptors (Lipinski definition) is 7. The SMILES string of the molecule is COC(=O)c1ccccc1C(=O)Nc1nc2cc(OC)c(OC)cc2s1. The van der Waals surface area contributed by atoms with Gasteiger partial charge in [-0.1, -0.05) is 23.5 Å². The Labute approximate surface area is 153 Å². The standard InChI is InChI=1S/C18H16N2O5S/c1-23-13-8-12-15(9-14(13)24-2)26-18(19-12)20-16(21)10-6-4-5-7-11(10)17(22)25-3/h4-9H,1-3H3,(H,19,20,21). The van der Waals surface area contributed by atoms with E-state index in [1.54, 1.807) is 44.6 Å². The topological polar surface area (TPSA) is 86.8 Å². The molecule has 1 heterocycles. The van der Waals surface area contributed by atoms with Crippen LogP contribution < -0.4 is 14.8 Å². The van der Waals surface area contributed by atoms with Gasteiger partial charge in [0, 0.05) is 12.1 Å². The Morgan fingerprint density at radius 2 is 1.65 bits per heavy atom. The zero-order valence-corrected chi connectivity index (χ0v) is 15.2. The van der Waals surface area contributed by atoms with Crippen LogP contribution in [0.2, 0.25) is 0 Å². The van der Waals surface area contributed by atoms with Gasteiger partial charge in [0.05, 0.1) is 42.7 Å². The van der Waals surface area contributed by atoms with Gasteiger partial charge in [0.15, 0.2) is 16.6 Å². The molecule has 1 N–H and O–H groups in total. The molecule has 26 heavy (non-hydrogen) atoms. The average Bonchev–Trinajstić information content (AvgIpc) is 3.06. The molecule has 134 valence electrons. The lowest BCUT2D eigenvalue weighted by Gasteiger charge is -2.06. The number of amides is 1. The first-order valence-corrected chi connectivity index (χ1v) is 8.40. The van der Waals surface area contributed by atoms with Crippen molar-refractivity contribution in [3.63, 3.8) is 0 Å². The van der Waals surface area contributed by atoms with Crippen molar-refractivity contribution in [1.29, 1.82) is 0 Å². The third kappa shape index (κ3) is 3.31. The molecule has 0 saturated heterocycles. The zero-order chi connectivity index (χ0) is 18.7. The quantitative estimate of drug-likeness (QED) is 0.691. The van der Waals surface area contributed by atoms with Crippen LogP contribution in [0, 0.1) is 0 Å². The van der Waals surface area contributed by atoms with Gasteiger partial charge in [0.1, 0.15) is 0 Å². The molecule has 0 bridgehead atoms. The van der Waals surface area contributed by atoms with Crippen LogP contribution in [0.1, 0.15) is 20.7 Å². The van der Waals surface area contributed by atoms with Crippen molar-refractivity contribution in [3.8, 4) is 11.5 Å². The van der Waals surface area contributed by atoms with Gasteiger partial charge < -0.3 is 14.2 Å². The highest BCUT2D eigenvalue weighted by atomic mass is 32.1. The summed E-state index contributed by atoms with van der Waals surface area (Å²) in [7, 11) is 4.37. The first-order chi connectivity index (χ1) is 12.6. The minimum Gasteiger partial charge on any atom is -0.493 e. The number of nitrogens with zero attached hydrogens (tertiary/aromatic N) is 1. The second-order valence-electron chi connectivity index (χ2n) is 5.19. The minimum atomic E-state index is -0.575. The second-order valence-corrected chi connectivity index (χ2v) is 6.22. The highest BCUT2D eigenvalue weighted by Crippen LogP contribution is 2.36. The van der Waals surface area contributed by atoms with Crippen LogP contribution in [-0.2, 0) is 4.74 Å². The first-order valence-electron chi connectivity index (χ1n) is 7.58. The Kier molecular flexibility index (Phi) is 5.04. The van der Waals surface area contributed by atoms with E-state index in [9.17, 15) is 9.59 Å². The van der Waals surface area contributed by atoms with Crippen molar-refractivity contribution in [2.75, 3.05) is 26.6 Å². The Balaban J connectivity index is 1.92. The molecule has 0 aliphatic carbocycles. The van der Waals surface area contributed by atoms with E-state index in [4.69, 9.17) is 14.2 Å². The molecule has 2 aromatic carbocycles. The summed E-state index contributed by atoms with van der Waals surface area (Å²) in [6.07, 6.45) is 0. The molecule has 0 saturated carbocycles. The summed E-state index contributed by atoms with van der Waals surface area (Å²) in [6.45, 7) is 0. The highest BCUT2D eigenvalue weighted by molar-refractivity contribution is 7.22. The molecule has 0 radical (unpaired) electrons. The Morgan fingerprint density at radius 3 is 2.31 bits per heavy atom. The number of anilines is 1. The molecule has 0 fully saturated rings. The van der Waals surface area contributed by atoms with Crippen molar-refractivity contribution in [3.05, 3.63) is 47.5 Å². The number of rotatable bonds is 5. The molecule has 3 aromatic rings. The Morgan fingerprint density at radius 1 is 1.00 bits per heavy atom. The van der Waals surface area contributed by atoms with Crippen LogP contribution >= 0.6 is 11.3 Å². The number of thiazole rings is 1. The lowest BCUT2D eigenvalue weighted by Crippen LogP contribution is -2.16. The average molecular weight is 372 g/mol. The van der Waals surface area contributed by atoms with E-state index >= 15 is 0 Å². The molecular formula is C18H16N2O5S. The fraction of sp³-hybridized carbons (Fsp3) is 0.167. The lowest BCUT2D eigenvalue weighted by molar-refractivity contribution is 0.0597. The smallest absolute Gasteiger partial charge is 0.338 e. The van der Waals surface area contributed by atoms with Crippen LogP contribution in [0.3, 0.4) is 0 Å². The summed E-state index contributed by atoms with van der Waals surface area (Å²) in [5.41, 5.74) is 1.08. The van der Waals surface area contributed by atoms with Gasteiger partial charge in [0.2, 0.25) is 0 Å². The number of carbonyl (C=O) groups is 2. The predicted molar refractivity (Wildman–Crippen MR) is 98.5 cm³/mol. The normalized spacial score (nSPS) is 10.4. The summed E-state index contributed by atoms with van der Waals surface area (Å²) < 4.78 is 16.1. The van der Waals surface area contributed by atoms with E-state index in [2.05, 4.69) is 10.3 Å².